The smallest absolute Gasteiger partial charge is 0.0652 e. The van der Waals surface area contributed by atoms with Crippen molar-refractivity contribution in [3.63, 3.8) is 0 Å². The Morgan fingerprint density at radius 2 is 2.06 bits per heavy atom. The number of methoxy groups -OCH3 is 1. The van der Waals surface area contributed by atoms with Gasteiger partial charge in [0.1, 0.15) is 0 Å². The molecule has 3 heteroatoms. The SMILES string of the molecule is COC1CC(NCC(CN)CC(C)C)C1(C)C. The molecule has 0 saturated heterocycles. The lowest BCUT2D eigenvalue weighted by atomic mass is 9.64. The van der Waals surface area contributed by atoms with Crippen molar-refractivity contribution < 1.29 is 4.74 Å². The number of rotatable bonds is 7. The molecule has 1 fully saturated rings. The van der Waals surface area contributed by atoms with Crippen LogP contribution in [0.25, 0.3) is 0 Å². The molecule has 0 radical (unpaired) electrons. The Kier molecular flexibility index (Phi) is 5.42. The van der Waals surface area contributed by atoms with E-state index in [1.165, 1.54) is 6.42 Å². The van der Waals surface area contributed by atoms with Crippen molar-refractivity contribution in [3.05, 3.63) is 0 Å². The second-order valence-corrected chi connectivity index (χ2v) is 6.47. The predicted molar refractivity (Wildman–Crippen MR) is 73.0 cm³/mol. The van der Waals surface area contributed by atoms with E-state index in [1.807, 2.05) is 7.11 Å². The van der Waals surface area contributed by atoms with Gasteiger partial charge < -0.3 is 15.8 Å². The highest BCUT2D eigenvalue weighted by Gasteiger charge is 2.48. The Bertz CT molecular complexity index is 228. The maximum Gasteiger partial charge on any atom is 0.0652 e. The fraction of sp³-hybridized carbons (Fsp3) is 1.00. The number of hydrogen-bond donors (Lipinski definition) is 2. The van der Waals surface area contributed by atoms with Gasteiger partial charge in [0.05, 0.1) is 6.10 Å². The molecule has 0 aliphatic heterocycles. The van der Waals surface area contributed by atoms with Crippen LogP contribution in [-0.4, -0.2) is 32.3 Å². The summed E-state index contributed by atoms with van der Waals surface area (Å²) < 4.78 is 5.46. The van der Waals surface area contributed by atoms with Gasteiger partial charge in [0, 0.05) is 18.6 Å². The molecule has 3 atom stereocenters. The first-order valence-corrected chi connectivity index (χ1v) is 6.88. The molecule has 0 aromatic rings. The molecule has 0 spiro atoms. The Morgan fingerprint density at radius 1 is 1.41 bits per heavy atom. The molecule has 0 aromatic carbocycles. The lowest BCUT2D eigenvalue weighted by Crippen LogP contribution is -2.61. The molecule has 0 heterocycles. The van der Waals surface area contributed by atoms with Crippen LogP contribution in [0.15, 0.2) is 0 Å². The van der Waals surface area contributed by atoms with Gasteiger partial charge in [0.25, 0.3) is 0 Å². The minimum absolute atomic E-state index is 0.256. The van der Waals surface area contributed by atoms with Crippen molar-refractivity contribution in [2.75, 3.05) is 20.2 Å². The maximum atomic E-state index is 5.82. The van der Waals surface area contributed by atoms with Crippen LogP contribution < -0.4 is 11.1 Å². The van der Waals surface area contributed by atoms with Crippen LogP contribution in [0.3, 0.4) is 0 Å². The third-order valence-electron chi connectivity index (χ3n) is 4.25. The molecule has 1 aliphatic carbocycles. The summed E-state index contributed by atoms with van der Waals surface area (Å²) in [5, 5.41) is 3.67. The van der Waals surface area contributed by atoms with Crippen molar-refractivity contribution in [3.8, 4) is 0 Å². The van der Waals surface area contributed by atoms with E-state index in [1.54, 1.807) is 0 Å². The normalized spacial score (nSPS) is 29.1. The largest absolute Gasteiger partial charge is 0.381 e. The number of nitrogens with one attached hydrogen (secondary N) is 1. The Balaban J connectivity index is 2.31. The van der Waals surface area contributed by atoms with E-state index >= 15 is 0 Å². The maximum absolute atomic E-state index is 5.82. The average molecular weight is 242 g/mol. The zero-order valence-electron chi connectivity index (χ0n) is 12.1. The van der Waals surface area contributed by atoms with Gasteiger partial charge in [0.15, 0.2) is 0 Å². The molecule has 1 aliphatic rings. The van der Waals surface area contributed by atoms with Gasteiger partial charge in [-0.1, -0.05) is 27.7 Å². The summed E-state index contributed by atoms with van der Waals surface area (Å²) in [7, 11) is 1.81. The van der Waals surface area contributed by atoms with Gasteiger partial charge in [0.2, 0.25) is 0 Å². The van der Waals surface area contributed by atoms with E-state index in [4.69, 9.17) is 10.5 Å². The molecule has 3 unspecified atom stereocenters. The molecular weight excluding hydrogens is 212 g/mol. The molecule has 0 amide bonds. The van der Waals surface area contributed by atoms with E-state index < -0.39 is 0 Å². The monoisotopic (exact) mass is 242 g/mol. The number of nitrogens with two attached hydrogens (primary N) is 1. The van der Waals surface area contributed by atoms with Gasteiger partial charge in [-0.25, -0.2) is 0 Å². The van der Waals surface area contributed by atoms with Crippen molar-refractivity contribution >= 4 is 0 Å². The standard InChI is InChI=1S/C14H30N2O/c1-10(2)6-11(8-15)9-16-12-7-13(17-5)14(12,3)4/h10-13,16H,6-9,15H2,1-5H3. The molecule has 3 nitrogen and oxygen atoms in total. The van der Waals surface area contributed by atoms with Crippen LogP contribution >= 0.6 is 0 Å². The third kappa shape index (κ3) is 3.67. The first kappa shape index (κ1) is 14.9. The van der Waals surface area contributed by atoms with Gasteiger partial charge in [-0.3, -0.25) is 0 Å². The predicted octanol–water partition coefficient (Wildman–Crippen LogP) is 2.01. The third-order valence-corrected chi connectivity index (χ3v) is 4.25. The van der Waals surface area contributed by atoms with E-state index in [-0.39, 0.29) is 5.41 Å². The van der Waals surface area contributed by atoms with Crippen LogP contribution in [-0.2, 0) is 4.74 Å². The van der Waals surface area contributed by atoms with E-state index in [9.17, 15) is 0 Å². The van der Waals surface area contributed by atoms with Crippen molar-refractivity contribution in [1.82, 2.24) is 5.32 Å². The highest BCUT2D eigenvalue weighted by Crippen LogP contribution is 2.42. The number of hydrogen-bond acceptors (Lipinski definition) is 3. The van der Waals surface area contributed by atoms with Crippen LogP contribution in [0.2, 0.25) is 0 Å². The zero-order chi connectivity index (χ0) is 13.1. The fourth-order valence-corrected chi connectivity index (χ4v) is 2.87. The Hall–Kier alpha value is -0.120. The highest BCUT2D eigenvalue weighted by molar-refractivity contribution is 5.02. The Morgan fingerprint density at radius 3 is 2.47 bits per heavy atom. The van der Waals surface area contributed by atoms with E-state index in [0.717, 1.165) is 25.4 Å². The van der Waals surface area contributed by atoms with Gasteiger partial charge in [-0.05, 0) is 37.8 Å². The first-order valence-electron chi connectivity index (χ1n) is 6.88. The summed E-state index contributed by atoms with van der Waals surface area (Å²) in [5.74, 6) is 1.33. The second-order valence-electron chi connectivity index (χ2n) is 6.47. The van der Waals surface area contributed by atoms with Crippen molar-refractivity contribution in [2.45, 2.75) is 52.7 Å². The fourth-order valence-electron chi connectivity index (χ4n) is 2.87. The molecule has 0 bridgehead atoms. The van der Waals surface area contributed by atoms with Crippen molar-refractivity contribution in [1.29, 1.82) is 0 Å². The zero-order valence-corrected chi connectivity index (χ0v) is 12.1. The van der Waals surface area contributed by atoms with Gasteiger partial charge >= 0.3 is 0 Å². The van der Waals surface area contributed by atoms with E-state index in [2.05, 4.69) is 33.0 Å². The van der Waals surface area contributed by atoms with Crippen LogP contribution in [0, 0.1) is 17.3 Å². The Labute approximate surface area is 106 Å². The van der Waals surface area contributed by atoms with E-state index in [0.29, 0.717) is 18.1 Å². The van der Waals surface area contributed by atoms with Gasteiger partial charge in [-0.2, -0.15) is 0 Å². The highest BCUT2D eigenvalue weighted by atomic mass is 16.5. The number of ether oxygens (including phenoxy) is 1. The average Bonchev–Trinajstić information content (AvgIpc) is 2.25. The molecule has 1 saturated carbocycles. The lowest BCUT2D eigenvalue weighted by Gasteiger charge is -2.51. The summed E-state index contributed by atoms with van der Waals surface area (Å²) in [5.41, 5.74) is 6.08. The molecule has 0 aromatic heterocycles. The quantitative estimate of drug-likeness (QED) is 0.718. The summed E-state index contributed by atoms with van der Waals surface area (Å²) in [4.78, 5) is 0. The summed E-state index contributed by atoms with van der Waals surface area (Å²) >= 11 is 0. The topological polar surface area (TPSA) is 47.3 Å². The van der Waals surface area contributed by atoms with Crippen LogP contribution in [0.4, 0.5) is 0 Å². The van der Waals surface area contributed by atoms with Crippen LogP contribution in [0.5, 0.6) is 0 Å². The second kappa shape index (κ2) is 6.17. The summed E-state index contributed by atoms with van der Waals surface area (Å²) in [6, 6.07) is 0.577. The molecule has 1 rings (SSSR count). The lowest BCUT2D eigenvalue weighted by molar-refractivity contribution is -0.0981. The minimum atomic E-state index is 0.256. The molecular formula is C14H30N2O. The van der Waals surface area contributed by atoms with Crippen LogP contribution in [0.1, 0.15) is 40.5 Å². The van der Waals surface area contributed by atoms with Gasteiger partial charge in [-0.15, -0.1) is 0 Å². The summed E-state index contributed by atoms with van der Waals surface area (Å²) in [6.45, 7) is 10.9. The molecule has 102 valence electrons. The first-order chi connectivity index (χ1) is 7.91. The summed E-state index contributed by atoms with van der Waals surface area (Å²) in [6.07, 6.45) is 2.74. The minimum Gasteiger partial charge on any atom is -0.381 e. The van der Waals surface area contributed by atoms with Crippen molar-refractivity contribution in [2.24, 2.45) is 23.0 Å². The molecule has 3 N–H and O–H groups in total. The molecule has 17 heavy (non-hydrogen) atoms.